The fourth-order valence-corrected chi connectivity index (χ4v) is 1.70. The van der Waals surface area contributed by atoms with E-state index in [1.807, 2.05) is 0 Å². The minimum absolute atomic E-state index is 0.348. The lowest BCUT2D eigenvalue weighted by Crippen LogP contribution is -2.04. The van der Waals surface area contributed by atoms with Crippen molar-refractivity contribution in [2.45, 2.75) is 6.18 Å². The molecule has 0 atom stereocenters. The first-order chi connectivity index (χ1) is 8.54. The number of aromatic nitrogens is 4. The van der Waals surface area contributed by atoms with Crippen LogP contribution >= 0.6 is 0 Å². The molecule has 0 radical (unpaired) electrons. The van der Waals surface area contributed by atoms with E-state index in [4.69, 9.17) is 0 Å². The zero-order chi connectivity index (χ0) is 12.8. The van der Waals surface area contributed by atoms with Crippen LogP contribution in [0.2, 0.25) is 0 Å². The molecule has 2 aromatic heterocycles. The average Bonchev–Trinajstić information content (AvgIpc) is 2.95. The van der Waals surface area contributed by atoms with Gasteiger partial charge in [-0.1, -0.05) is 0 Å². The van der Waals surface area contributed by atoms with Crippen molar-refractivity contribution < 1.29 is 13.2 Å². The molecule has 2 heterocycles. The molecule has 0 aliphatic heterocycles. The van der Waals surface area contributed by atoms with E-state index >= 15 is 0 Å². The van der Waals surface area contributed by atoms with Gasteiger partial charge in [-0.25, -0.2) is 4.98 Å². The zero-order valence-corrected chi connectivity index (χ0v) is 8.92. The van der Waals surface area contributed by atoms with E-state index in [1.165, 1.54) is 6.07 Å². The van der Waals surface area contributed by atoms with Crippen LogP contribution < -0.4 is 0 Å². The number of fused-ring (bicyclic) bond motifs is 1. The van der Waals surface area contributed by atoms with Gasteiger partial charge in [-0.05, 0) is 18.2 Å². The van der Waals surface area contributed by atoms with Gasteiger partial charge in [-0.15, -0.1) is 0 Å². The molecule has 1 aromatic carbocycles. The van der Waals surface area contributed by atoms with Crippen LogP contribution in [0, 0.1) is 0 Å². The van der Waals surface area contributed by atoms with Crippen molar-refractivity contribution in [1.82, 2.24) is 20.2 Å². The Hall–Kier alpha value is -2.31. The highest BCUT2D eigenvalue weighted by molar-refractivity contribution is 5.79. The summed E-state index contributed by atoms with van der Waals surface area (Å²) < 4.78 is 37.6. The quantitative estimate of drug-likeness (QED) is 0.699. The molecule has 0 aliphatic rings. The third kappa shape index (κ3) is 1.73. The Balaban J connectivity index is 2.13. The largest absolute Gasteiger partial charge is 0.416 e. The lowest BCUT2D eigenvalue weighted by molar-refractivity contribution is -0.137. The molecule has 18 heavy (non-hydrogen) atoms. The minimum atomic E-state index is -4.35. The number of H-pyrrole nitrogens is 2. The van der Waals surface area contributed by atoms with Crippen LogP contribution in [0.4, 0.5) is 13.2 Å². The van der Waals surface area contributed by atoms with Crippen LogP contribution in [0.5, 0.6) is 0 Å². The second-order valence-corrected chi connectivity index (χ2v) is 3.80. The van der Waals surface area contributed by atoms with Crippen molar-refractivity contribution in [3.63, 3.8) is 0 Å². The average molecular weight is 252 g/mol. The molecular formula is C11H7F3N4. The SMILES string of the molecule is FC(F)(F)c1ccc2nc(-c3cn[nH]c3)[nH]c2c1. The molecule has 0 aliphatic carbocycles. The molecule has 92 valence electrons. The maximum Gasteiger partial charge on any atom is 0.416 e. The molecule has 0 spiro atoms. The monoisotopic (exact) mass is 252 g/mol. The number of rotatable bonds is 1. The summed E-state index contributed by atoms with van der Waals surface area (Å²) in [5.74, 6) is 0.484. The molecule has 3 rings (SSSR count). The Morgan fingerprint density at radius 3 is 2.67 bits per heavy atom. The Morgan fingerprint density at radius 2 is 2.00 bits per heavy atom. The van der Waals surface area contributed by atoms with Crippen molar-refractivity contribution in [3.05, 3.63) is 36.2 Å². The van der Waals surface area contributed by atoms with Gasteiger partial charge in [0.05, 0.1) is 28.4 Å². The van der Waals surface area contributed by atoms with Crippen LogP contribution in [-0.4, -0.2) is 20.2 Å². The molecule has 4 nitrogen and oxygen atoms in total. The Labute approximate surface area is 98.9 Å². The number of nitrogens with one attached hydrogen (secondary N) is 2. The number of halogens is 3. The number of benzene rings is 1. The molecule has 0 bridgehead atoms. The molecule has 0 fully saturated rings. The molecule has 0 saturated heterocycles. The standard InChI is InChI=1S/C11H7F3N4/c12-11(13,14)7-1-2-8-9(3-7)18-10(17-8)6-4-15-16-5-6/h1-5H,(H,15,16)(H,17,18). The highest BCUT2D eigenvalue weighted by Crippen LogP contribution is 2.31. The van der Waals surface area contributed by atoms with Gasteiger partial charge in [0.15, 0.2) is 0 Å². The topological polar surface area (TPSA) is 57.4 Å². The maximum atomic E-state index is 12.5. The minimum Gasteiger partial charge on any atom is -0.338 e. The third-order valence-electron chi connectivity index (χ3n) is 2.58. The number of imidazole rings is 1. The molecule has 0 amide bonds. The molecule has 3 aromatic rings. The number of hydrogen-bond acceptors (Lipinski definition) is 2. The van der Waals surface area contributed by atoms with Crippen molar-refractivity contribution in [2.75, 3.05) is 0 Å². The second-order valence-electron chi connectivity index (χ2n) is 3.80. The summed E-state index contributed by atoms with van der Waals surface area (Å²) in [7, 11) is 0. The lowest BCUT2D eigenvalue weighted by atomic mass is 10.2. The molecule has 0 unspecified atom stereocenters. The van der Waals surface area contributed by atoms with Crippen molar-refractivity contribution in [3.8, 4) is 11.4 Å². The predicted octanol–water partition coefficient (Wildman–Crippen LogP) is 2.97. The summed E-state index contributed by atoms with van der Waals surface area (Å²) in [5, 5.41) is 6.38. The van der Waals surface area contributed by atoms with E-state index in [-0.39, 0.29) is 0 Å². The van der Waals surface area contributed by atoms with Crippen LogP contribution in [0.3, 0.4) is 0 Å². The van der Waals surface area contributed by atoms with Crippen LogP contribution in [0.15, 0.2) is 30.6 Å². The summed E-state index contributed by atoms with van der Waals surface area (Å²) >= 11 is 0. The Kier molecular flexibility index (Phi) is 2.16. The van der Waals surface area contributed by atoms with E-state index in [0.717, 1.165) is 12.1 Å². The number of alkyl halides is 3. The predicted molar refractivity (Wildman–Crippen MR) is 58.7 cm³/mol. The summed E-state index contributed by atoms with van der Waals surface area (Å²) in [6, 6.07) is 3.41. The smallest absolute Gasteiger partial charge is 0.338 e. The first kappa shape index (κ1) is 10.8. The van der Waals surface area contributed by atoms with Crippen LogP contribution in [-0.2, 0) is 6.18 Å². The number of aromatic amines is 2. The van der Waals surface area contributed by atoms with E-state index in [0.29, 0.717) is 22.4 Å². The van der Waals surface area contributed by atoms with Gasteiger partial charge in [-0.2, -0.15) is 18.3 Å². The molecule has 0 saturated carbocycles. The zero-order valence-electron chi connectivity index (χ0n) is 8.92. The normalized spacial score (nSPS) is 12.2. The van der Waals surface area contributed by atoms with Crippen LogP contribution in [0.1, 0.15) is 5.56 Å². The molecule has 2 N–H and O–H groups in total. The van der Waals surface area contributed by atoms with Gasteiger partial charge < -0.3 is 4.98 Å². The molecule has 7 heteroatoms. The van der Waals surface area contributed by atoms with Gasteiger partial charge in [-0.3, -0.25) is 5.10 Å². The summed E-state index contributed by atoms with van der Waals surface area (Å²) in [5.41, 5.74) is 0.831. The van der Waals surface area contributed by atoms with Gasteiger partial charge in [0.1, 0.15) is 5.82 Å². The first-order valence-electron chi connectivity index (χ1n) is 5.10. The molecular weight excluding hydrogens is 245 g/mol. The van der Waals surface area contributed by atoms with E-state index in [9.17, 15) is 13.2 Å². The third-order valence-corrected chi connectivity index (χ3v) is 2.58. The highest BCUT2D eigenvalue weighted by atomic mass is 19.4. The van der Waals surface area contributed by atoms with Gasteiger partial charge in [0.2, 0.25) is 0 Å². The van der Waals surface area contributed by atoms with E-state index in [1.54, 1.807) is 12.4 Å². The number of hydrogen-bond donors (Lipinski definition) is 2. The Bertz CT molecular complexity index is 682. The fourth-order valence-electron chi connectivity index (χ4n) is 1.70. The second kappa shape index (κ2) is 3.59. The fraction of sp³-hybridized carbons (Fsp3) is 0.0909. The van der Waals surface area contributed by atoms with Crippen molar-refractivity contribution in [2.24, 2.45) is 0 Å². The summed E-state index contributed by atoms with van der Waals surface area (Å²) in [6.45, 7) is 0. The maximum absolute atomic E-state index is 12.5. The number of nitrogens with zero attached hydrogens (tertiary/aromatic N) is 2. The van der Waals surface area contributed by atoms with Crippen molar-refractivity contribution >= 4 is 11.0 Å². The Morgan fingerprint density at radius 1 is 1.17 bits per heavy atom. The highest BCUT2D eigenvalue weighted by Gasteiger charge is 2.30. The first-order valence-corrected chi connectivity index (χ1v) is 5.10. The van der Waals surface area contributed by atoms with E-state index in [2.05, 4.69) is 20.2 Å². The van der Waals surface area contributed by atoms with Gasteiger partial charge in [0.25, 0.3) is 0 Å². The van der Waals surface area contributed by atoms with Gasteiger partial charge in [0, 0.05) is 6.20 Å². The summed E-state index contributed by atoms with van der Waals surface area (Å²) in [4.78, 5) is 7.03. The summed E-state index contributed by atoms with van der Waals surface area (Å²) in [6.07, 6.45) is -1.19. The van der Waals surface area contributed by atoms with Crippen LogP contribution in [0.25, 0.3) is 22.4 Å². The van der Waals surface area contributed by atoms with E-state index < -0.39 is 11.7 Å². The van der Waals surface area contributed by atoms with Crippen molar-refractivity contribution in [1.29, 1.82) is 0 Å². The lowest BCUT2D eigenvalue weighted by Gasteiger charge is -2.05. The van der Waals surface area contributed by atoms with Gasteiger partial charge >= 0.3 is 6.18 Å².